The van der Waals surface area contributed by atoms with Gasteiger partial charge in [-0.1, -0.05) is 0 Å². The van der Waals surface area contributed by atoms with Crippen LogP contribution in [-0.4, -0.2) is 24.0 Å². The van der Waals surface area contributed by atoms with Gasteiger partial charge in [0.2, 0.25) is 0 Å². The highest BCUT2D eigenvalue weighted by Gasteiger charge is 2.28. The van der Waals surface area contributed by atoms with Gasteiger partial charge in [0.1, 0.15) is 0 Å². The molecule has 0 aromatic carbocycles. The Labute approximate surface area is 74.2 Å². The van der Waals surface area contributed by atoms with E-state index < -0.39 is 0 Å². The van der Waals surface area contributed by atoms with Crippen LogP contribution < -0.4 is 0 Å². The summed E-state index contributed by atoms with van der Waals surface area (Å²) in [4.78, 5) is 2.58. The molecule has 0 radical (unpaired) electrons. The molecule has 0 bridgehead atoms. The molecule has 66 valence electrons. The zero-order valence-electron chi connectivity index (χ0n) is 7.50. The van der Waals surface area contributed by atoms with Crippen molar-refractivity contribution in [3.8, 4) is 6.07 Å². The first-order valence-electron chi connectivity index (χ1n) is 5.04. The molecule has 2 nitrogen and oxygen atoms in total. The van der Waals surface area contributed by atoms with Crippen LogP contribution in [0.2, 0.25) is 0 Å². The molecule has 12 heavy (non-hydrogen) atoms. The summed E-state index contributed by atoms with van der Waals surface area (Å²) in [6, 6.07) is 3.20. The van der Waals surface area contributed by atoms with Gasteiger partial charge in [-0.15, -0.1) is 0 Å². The van der Waals surface area contributed by atoms with E-state index in [2.05, 4.69) is 11.0 Å². The molecule has 2 heteroatoms. The Hall–Kier alpha value is -0.550. The van der Waals surface area contributed by atoms with E-state index in [-0.39, 0.29) is 0 Å². The third-order valence-electron chi connectivity index (χ3n) is 3.29. The molecule has 0 unspecified atom stereocenters. The number of nitriles is 1. The minimum absolute atomic E-state index is 0.363. The van der Waals surface area contributed by atoms with Gasteiger partial charge in [0.05, 0.1) is 6.07 Å². The molecule has 0 aromatic heterocycles. The molecule has 0 atom stereocenters. The molecule has 0 amide bonds. The Morgan fingerprint density at radius 3 is 2.17 bits per heavy atom. The lowest BCUT2D eigenvalue weighted by Crippen LogP contribution is -2.46. The van der Waals surface area contributed by atoms with Gasteiger partial charge >= 0.3 is 0 Å². The normalized spacial score (nSPS) is 36.9. The number of likely N-dealkylation sites (tertiary alicyclic amines) is 1. The van der Waals surface area contributed by atoms with Gasteiger partial charge in [0.25, 0.3) is 0 Å². The molecule has 0 spiro atoms. The van der Waals surface area contributed by atoms with Crippen LogP contribution in [0.1, 0.15) is 32.1 Å². The van der Waals surface area contributed by atoms with Crippen LogP contribution >= 0.6 is 0 Å². The lowest BCUT2D eigenvalue weighted by atomic mass is 9.85. The summed E-state index contributed by atoms with van der Waals surface area (Å²) >= 11 is 0. The Morgan fingerprint density at radius 2 is 1.75 bits per heavy atom. The SMILES string of the molecule is N#CC1CCC(N2CCC2)CC1. The van der Waals surface area contributed by atoms with Crippen molar-refractivity contribution in [3.63, 3.8) is 0 Å². The summed E-state index contributed by atoms with van der Waals surface area (Å²) in [5.41, 5.74) is 0. The van der Waals surface area contributed by atoms with Gasteiger partial charge < -0.3 is 4.90 Å². The van der Waals surface area contributed by atoms with E-state index >= 15 is 0 Å². The molecule has 1 aliphatic heterocycles. The van der Waals surface area contributed by atoms with E-state index in [0.717, 1.165) is 18.9 Å². The molecule has 1 saturated carbocycles. The number of rotatable bonds is 1. The van der Waals surface area contributed by atoms with Crippen LogP contribution in [0.15, 0.2) is 0 Å². The van der Waals surface area contributed by atoms with E-state index in [1.807, 2.05) is 0 Å². The second kappa shape index (κ2) is 3.45. The maximum absolute atomic E-state index is 8.72. The number of nitrogens with zero attached hydrogens (tertiary/aromatic N) is 2. The fourth-order valence-electron chi connectivity index (χ4n) is 2.28. The minimum atomic E-state index is 0.363. The Kier molecular flexibility index (Phi) is 2.32. The molecule has 2 rings (SSSR count). The van der Waals surface area contributed by atoms with Gasteiger partial charge in [0.15, 0.2) is 0 Å². The fraction of sp³-hybridized carbons (Fsp3) is 0.900. The van der Waals surface area contributed by atoms with E-state index in [0.29, 0.717) is 5.92 Å². The van der Waals surface area contributed by atoms with Crippen LogP contribution in [0.25, 0.3) is 0 Å². The second-order valence-electron chi connectivity index (χ2n) is 4.02. The second-order valence-corrected chi connectivity index (χ2v) is 4.02. The van der Waals surface area contributed by atoms with Crippen molar-refractivity contribution in [2.45, 2.75) is 38.1 Å². The minimum Gasteiger partial charge on any atom is -0.300 e. The van der Waals surface area contributed by atoms with E-state index in [1.165, 1.54) is 32.4 Å². The molecular formula is C10H16N2. The van der Waals surface area contributed by atoms with Crippen molar-refractivity contribution in [1.82, 2.24) is 4.90 Å². The average molecular weight is 164 g/mol. The predicted molar refractivity (Wildman–Crippen MR) is 47.5 cm³/mol. The van der Waals surface area contributed by atoms with Crippen molar-refractivity contribution in [1.29, 1.82) is 5.26 Å². The van der Waals surface area contributed by atoms with E-state index in [4.69, 9.17) is 5.26 Å². The van der Waals surface area contributed by atoms with Crippen molar-refractivity contribution in [3.05, 3.63) is 0 Å². The third kappa shape index (κ3) is 1.47. The first-order valence-corrected chi connectivity index (χ1v) is 5.04. The first kappa shape index (κ1) is 8.07. The lowest BCUT2D eigenvalue weighted by Gasteiger charge is -2.41. The maximum Gasteiger partial charge on any atom is 0.0655 e. The highest BCUT2D eigenvalue weighted by Crippen LogP contribution is 2.29. The molecule has 2 aliphatic rings. The predicted octanol–water partition coefficient (Wildman–Crippen LogP) is 1.77. The zero-order chi connectivity index (χ0) is 8.39. The summed E-state index contributed by atoms with van der Waals surface area (Å²) in [5, 5.41) is 8.72. The molecular weight excluding hydrogens is 148 g/mol. The van der Waals surface area contributed by atoms with Gasteiger partial charge in [-0.2, -0.15) is 5.26 Å². The van der Waals surface area contributed by atoms with Gasteiger partial charge in [-0.25, -0.2) is 0 Å². The monoisotopic (exact) mass is 164 g/mol. The maximum atomic E-state index is 8.72. The van der Waals surface area contributed by atoms with Gasteiger partial charge in [0, 0.05) is 12.0 Å². The van der Waals surface area contributed by atoms with Crippen molar-refractivity contribution < 1.29 is 0 Å². The standard InChI is InChI=1S/C10H16N2/c11-8-9-2-4-10(5-3-9)12-6-1-7-12/h9-10H,1-7H2. The van der Waals surface area contributed by atoms with Gasteiger partial charge in [-0.3, -0.25) is 0 Å². The van der Waals surface area contributed by atoms with Crippen molar-refractivity contribution in [2.24, 2.45) is 5.92 Å². The Balaban J connectivity index is 1.78. The highest BCUT2D eigenvalue weighted by atomic mass is 15.2. The lowest BCUT2D eigenvalue weighted by molar-refractivity contribution is 0.0849. The van der Waals surface area contributed by atoms with Crippen LogP contribution in [0.3, 0.4) is 0 Å². The summed E-state index contributed by atoms with van der Waals surface area (Å²) in [6.45, 7) is 2.61. The molecule has 1 saturated heterocycles. The number of hydrogen-bond donors (Lipinski definition) is 0. The topological polar surface area (TPSA) is 27.0 Å². The number of hydrogen-bond acceptors (Lipinski definition) is 2. The fourth-order valence-corrected chi connectivity index (χ4v) is 2.28. The molecule has 0 N–H and O–H groups in total. The van der Waals surface area contributed by atoms with Crippen molar-refractivity contribution >= 4 is 0 Å². The smallest absolute Gasteiger partial charge is 0.0655 e. The summed E-state index contributed by atoms with van der Waals surface area (Å²) in [6.07, 6.45) is 6.18. The average Bonchev–Trinajstić information content (AvgIpc) is 2.03. The van der Waals surface area contributed by atoms with E-state index in [9.17, 15) is 0 Å². The summed E-state index contributed by atoms with van der Waals surface area (Å²) < 4.78 is 0. The zero-order valence-corrected chi connectivity index (χ0v) is 7.50. The van der Waals surface area contributed by atoms with Crippen LogP contribution in [0, 0.1) is 17.2 Å². The summed E-state index contributed by atoms with van der Waals surface area (Å²) in [5.74, 6) is 0.363. The third-order valence-corrected chi connectivity index (χ3v) is 3.29. The Morgan fingerprint density at radius 1 is 1.08 bits per heavy atom. The van der Waals surface area contributed by atoms with Crippen LogP contribution in [0.5, 0.6) is 0 Å². The van der Waals surface area contributed by atoms with Crippen LogP contribution in [-0.2, 0) is 0 Å². The summed E-state index contributed by atoms with van der Waals surface area (Å²) in [7, 11) is 0. The molecule has 1 heterocycles. The first-order chi connectivity index (χ1) is 5.90. The molecule has 2 fully saturated rings. The molecule has 0 aromatic rings. The van der Waals surface area contributed by atoms with E-state index in [1.54, 1.807) is 0 Å². The molecule has 1 aliphatic carbocycles. The quantitative estimate of drug-likeness (QED) is 0.590. The van der Waals surface area contributed by atoms with Gasteiger partial charge in [-0.05, 0) is 45.2 Å². The van der Waals surface area contributed by atoms with Crippen molar-refractivity contribution in [2.75, 3.05) is 13.1 Å². The Bertz CT molecular complexity index is 183. The highest BCUT2D eigenvalue weighted by molar-refractivity contribution is 4.91. The van der Waals surface area contributed by atoms with Crippen LogP contribution in [0.4, 0.5) is 0 Å². The largest absolute Gasteiger partial charge is 0.300 e.